The molecule has 0 N–H and O–H groups in total. The molecule has 5 rings (SSSR count). The summed E-state index contributed by atoms with van der Waals surface area (Å²) in [5, 5.41) is 0. The van der Waals surface area contributed by atoms with Gasteiger partial charge >= 0.3 is 0 Å². The molecule has 1 heterocycles. The van der Waals surface area contributed by atoms with Crippen molar-refractivity contribution in [2.45, 2.75) is 196 Å². The van der Waals surface area contributed by atoms with Crippen LogP contribution in [0.3, 0.4) is 0 Å². The second-order valence-electron chi connectivity index (χ2n) is 21.1. The second-order valence-corrected chi connectivity index (χ2v) is 28.7. The third-order valence-corrected chi connectivity index (χ3v) is 19.4. The normalized spacial score (nSPS) is 16.9. The number of fused-ring (bicyclic) bond motifs is 8. The van der Waals surface area contributed by atoms with Crippen LogP contribution in [0.4, 0.5) is 0 Å². The zero-order valence-electron chi connectivity index (χ0n) is 40.6. The molecular weight excluding hydrogens is 889 g/mol. The van der Waals surface area contributed by atoms with Gasteiger partial charge in [0.25, 0.3) is 0 Å². The van der Waals surface area contributed by atoms with Gasteiger partial charge in [-0.3, -0.25) is 0 Å². The maximum Gasteiger partial charge on any atom is 0.210 e. The zero-order chi connectivity index (χ0) is 48.6. The van der Waals surface area contributed by atoms with Crippen molar-refractivity contribution < 1.29 is 43.1 Å². The molecule has 0 aromatic heterocycles. The van der Waals surface area contributed by atoms with Gasteiger partial charge in [-0.25, -0.2) is 33.7 Å². The fourth-order valence-electron chi connectivity index (χ4n) is 7.96. The fraction of sp³-hybridized carbons (Fsp3) is 0.520. The molecular formula is C50H68O10S4. The highest BCUT2D eigenvalue weighted by atomic mass is 32.2. The zero-order valence-corrected chi connectivity index (χ0v) is 43.8. The summed E-state index contributed by atoms with van der Waals surface area (Å²) >= 11 is 0. The lowest BCUT2D eigenvalue weighted by molar-refractivity contribution is 0.388. The fourth-order valence-corrected chi connectivity index (χ4v) is 15.3. The Morgan fingerprint density at radius 1 is 0.359 bits per heavy atom. The van der Waals surface area contributed by atoms with Crippen LogP contribution in [0.2, 0.25) is 0 Å². The highest BCUT2D eigenvalue weighted by Crippen LogP contribution is 2.49. The van der Waals surface area contributed by atoms with Crippen molar-refractivity contribution in [2.75, 3.05) is 14.2 Å². The number of hydrogen-bond acceptors (Lipinski definition) is 10. The molecule has 0 atom stereocenters. The highest BCUT2D eigenvalue weighted by Gasteiger charge is 2.42. The van der Waals surface area contributed by atoms with Crippen LogP contribution in [0.25, 0.3) is 0 Å². The molecule has 64 heavy (non-hydrogen) atoms. The van der Waals surface area contributed by atoms with Crippen molar-refractivity contribution in [1.82, 2.24) is 0 Å². The molecule has 0 fully saturated rings. The number of hydrogen-bond donors (Lipinski definition) is 0. The summed E-state index contributed by atoms with van der Waals surface area (Å²) in [7, 11) is -16.9. The average Bonchev–Trinajstić information content (AvgIpc) is 3.18. The van der Waals surface area contributed by atoms with Crippen LogP contribution in [0.1, 0.15) is 156 Å². The standard InChI is InChI=1S/C50H68O10S4/c1-17-19-21-35-37-23-31(47(3,4)5)24-38(35)62(53,54)42-28-34(50(12,13)14)30-44(46(42)60-16)64(57,58)40-26-32(48(6,7)8)25-39(36(40)22-20-18-2)63(55,56)43-29-33(49(9,10)11)27-41(45(43)59-15)61(37,51)52/h23-30H,17-22H2,1-16H3. The number of sulfone groups is 4. The lowest BCUT2D eigenvalue weighted by atomic mass is 9.86. The second kappa shape index (κ2) is 17.2. The van der Waals surface area contributed by atoms with E-state index < -0.39 is 92.1 Å². The van der Waals surface area contributed by atoms with E-state index in [4.69, 9.17) is 9.47 Å². The Morgan fingerprint density at radius 2 is 0.547 bits per heavy atom. The summed E-state index contributed by atoms with van der Waals surface area (Å²) < 4.78 is 139. The first-order valence-electron chi connectivity index (χ1n) is 21.9. The lowest BCUT2D eigenvalue weighted by Gasteiger charge is -2.28. The van der Waals surface area contributed by atoms with Gasteiger partial charge < -0.3 is 9.47 Å². The Labute approximate surface area is 384 Å². The van der Waals surface area contributed by atoms with Crippen molar-refractivity contribution in [3.05, 3.63) is 81.9 Å². The Morgan fingerprint density at radius 3 is 0.703 bits per heavy atom. The van der Waals surface area contributed by atoms with E-state index in [9.17, 15) is 0 Å². The van der Waals surface area contributed by atoms with Gasteiger partial charge in [-0.15, -0.1) is 0 Å². The first kappa shape index (κ1) is 51.3. The van der Waals surface area contributed by atoms with E-state index >= 15 is 33.7 Å². The molecule has 0 saturated heterocycles. The van der Waals surface area contributed by atoms with Gasteiger partial charge in [-0.05, 0) is 129 Å². The van der Waals surface area contributed by atoms with Gasteiger partial charge in [-0.2, -0.15) is 0 Å². The summed E-state index contributed by atoms with van der Waals surface area (Å²) in [6.45, 7) is 25.8. The van der Waals surface area contributed by atoms with Gasteiger partial charge in [0.2, 0.25) is 39.3 Å². The minimum absolute atomic E-state index is 0.00382. The van der Waals surface area contributed by atoms with Crippen LogP contribution in [0.15, 0.2) is 87.7 Å². The smallest absolute Gasteiger partial charge is 0.210 e. The topological polar surface area (TPSA) is 155 Å². The van der Waals surface area contributed by atoms with E-state index in [0.29, 0.717) is 47.9 Å². The summed E-state index contributed by atoms with van der Waals surface area (Å²) in [6, 6.07) is 11.6. The predicted molar refractivity (Wildman–Crippen MR) is 253 cm³/mol. The molecule has 4 aromatic rings. The van der Waals surface area contributed by atoms with Gasteiger partial charge in [0, 0.05) is 0 Å². The molecule has 0 unspecified atom stereocenters. The Balaban J connectivity index is 2.30. The first-order chi connectivity index (χ1) is 29.1. The van der Waals surface area contributed by atoms with E-state index in [1.165, 1.54) is 62.8 Å². The largest absolute Gasteiger partial charge is 0.494 e. The van der Waals surface area contributed by atoms with E-state index in [0.717, 1.165) is 0 Å². The monoisotopic (exact) mass is 956 g/mol. The molecule has 14 heteroatoms. The van der Waals surface area contributed by atoms with Gasteiger partial charge in [0.1, 0.15) is 19.6 Å². The quantitative estimate of drug-likeness (QED) is 0.147. The van der Waals surface area contributed by atoms with Crippen LogP contribution >= 0.6 is 0 Å². The van der Waals surface area contributed by atoms with Crippen LogP contribution in [0, 0.1) is 0 Å². The molecule has 1 aliphatic heterocycles. The molecule has 0 radical (unpaired) electrons. The average molecular weight is 957 g/mol. The predicted octanol–water partition coefficient (Wildman–Crippen LogP) is 11.2. The molecule has 0 spiro atoms. The van der Waals surface area contributed by atoms with Crippen LogP contribution < -0.4 is 9.47 Å². The molecule has 10 nitrogen and oxygen atoms in total. The highest BCUT2D eigenvalue weighted by molar-refractivity contribution is 7.93. The third kappa shape index (κ3) is 9.19. The van der Waals surface area contributed by atoms with Crippen molar-refractivity contribution in [2.24, 2.45) is 0 Å². The number of benzene rings is 4. The summed E-state index contributed by atoms with van der Waals surface area (Å²) in [5.41, 5.74) is -1.82. The molecule has 0 saturated carbocycles. The third-order valence-electron chi connectivity index (χ3n) is 12.1. The van der Waals surface area contributed by atoms with E-state index in [-0.39, 0.29) is 43.6 Å². The number of ether oxygens (including phenoxy) is 2. The van der Waals surface area contributed by atoms with Crippen LogP contribution in [-0.4, -0.2) is 47.9 Å². The number of unbranched alkanes of at least 4 members (excludes halogenated alkanes) is 2. The maximum absolute atomic E-state index is 15.9. The Kier molecular flexibility index (Phi) is 13.8. The Hall–Kier alpha value is -3.72. The summed E-state index contributed by atoms with van der Waals surface area (Å²) in [4.78, 5) is -3.07. The van der Waals surface area contributed by atoms with Gasteiger partial charge in [-0.1, -0.05) is 110 Å². The van der Waals surface area contributed by atoms with Crippen LogP contribution in [0.5, 0.6) is 11.5 Å². The molecule has 8 bridgehead atoms. The van der Waals surface area contributed by atoms with E-state index in [1.807, 2.05) is 96.9 Å². The van der Waals surface area contributed by atoms with Crippen molar-refractivity contribution >= 4 is 39.3 Å². The summed E-state index contributed by atoms with van der Waals surface area (Å²) in [5.74, 6) is -0.915. The molecule has 1 aliphatic rings. The van der Waals surface area contributed by atoms with E-state index in [1.54, 1.807) is 0 Å². The number of rotatable bonds is 8. The first-order valence-corrected chi connectivity index (χ1v) is 27.9. The Bertz CT molecular complexity index is 2600. The molecule has 0 aliphatic carbocycles. The van der Waals surface area contributed by atoms with Crippen molar-refractivity contribution in [3.8, 4) is 11.5 Å². The maximum atomic E-state index is 15.9. The SMILES string of the molecule is CCCCc1c2cc(C(C)(C)C)cc1S(=O)(=O)c1cc(C(C)(C)C)cc(c1OC)S(=O)(=O)c1cc(C(C)(C)C)cc(c1CCCC)S(=O)(=O)c1cc(C(C)(C)C)cc(c1OC)S2(=O)=O. The van der Waals surface area contributed by atoms with Crippen molar-refractivity contribution in [3.63, 3.8) is 0 Å². The minimum atomic E-state index is -4.84. The molecule has 352 valence electrons. The van der Waals surface area contributed by atoms with E-state index in [2.05, 4.69) is 0 Å². The van der Waals surface area contributed by atoms with Gasteiger partial charge in [0.05, 0.1) is 33.8 Å². The molecule has 0 amide bonds. The van der Waals surface area contributed by atoms with Gasteiger partial charge in [0.15, 0.2) is 11.5 Å². The lowest BCUT2D eigenvalue weighted by Crippen LogP contribution is -2.22. The van der Waals surface area contributed by atoms with Crippen molar-refractivity contribution in [1.29, 1.82) is 0 Å². The molecule has 4 aromatic carbocycles. The number of methoxy groups -OCH3 is 2. The minimum Gasteiger partial charge on any atom is -0.494 e. The summed E-state index contributed by atoms with van der Waals surface area (Å²) in [6.07, 6.45) is 1.94. The van der Waals surface area contributed by atoms with Crippen LogP contribution in [-0.2, 0) is 73.9 Å².